The molecule has 2 aromatic carbocycles. The average Bonchev–Trinajstić information content (AvgIpc) is 3.18. The van der Waals surface area contributed by atoms with E-state index < -0.39 is 0 Å². The van der Waals surface area contributed by atoms with Crippen molar-refractivity contribution in [2.24, 2.45) is 0 Å². The van der Waals surface area contributed by atoms with Crippen molar-refractivity contribution in [1.29, 1.82) is 0 Å². The lowest BCUT2D eigenvalue weighted by Gasteiger charge is -2.19. The zero-order chi connectivity index (χ0) is 20.5. The van der Waals surface area contributed by atoms with Gasteiger partial charge in [0.1, 0.15) is 5.69 Å². The maximum absolute atomic E-state index is 13.4. The van der Waals surface area contributed by atoms with Crippen LogP contribution in [0.25, 0.3) is 22.2 Å². The molecule has 0 unspecified atom stereocenters. The van der Waals surface area contributed by atoms with Gasteiger partial charge in [0.2, 0.25) is 0 Å². The average molecular weight is 385 g/mol. The van der Waals surface area contributed by atoms with E-state index in [1.807, 2.05) is 75.4 Å². The van der Waals surface area contributed by atoms with Crippen LogP contribution >= 0.6 is 0 Å². The van der Waals surface area contributed by atoms with Crippen LogP contribution in [0.4, 0.5) is 0 Å². The molecule has 4 rings (SSSR count). The predicted octanol–water partition coefficient (Wildman–Crippen LogP) is 5.09. The van der Waals surface area contributed by atoms with Gasteiger partial charge in [-0.25, -0.2) is 0 Å². The second kappa shape index (κ2) is 7.51. The third-order valence-electron chi connectivity index (χ3n) is 5.20. The molecule has 5 heteroatoms. The van der Waals surface area contributed by atoms with Gasteiger partial charge in [0.15, 0.2) is 5.76 Å². The standard InChI is InChI=1S/C24H23N3O2/c1-15-10-11-21-20(12-15)23(16(2)17(3)25-21)24(28)27(4)14-19-13-22(29-26-19)18-8-6-5-7-9-18/h5-13H,14H2,1-4H3. The molecule has 29 heavy (non-hydrogen) atoms. The Morgan fingerprint density at radius 3 is 2.55 bits per heavy atom. The molecule has 0 N–H and O–H groups in total. The first-order valence-electron chi connectivity index (χ1n) is 9.58. The van der Waals surface area contributed by atoms with Crippen molar-refractivity contribution in [1.82, 2.24) is 15.0 Å². The van der Waals surface area contributed by atoms with E-state index in [1.54, 1.807) is 11.9 Å². The van der Waals surface area contributed by atoms with Gasteiger partial charge in [-0.05, 0) is 38.5 Å². The second-order valence-electron chi connectivity index (χ2n) is 7.43. The van der Waals surface area contributed by atoms with Gasteiger partial charge in [-0.1, -0.05) is 47.1 Å². The molecule has 4 aromatic rings. The fourth-order valence-corrected chi connectivity index (χ4v) is 3.50. The van der Waals surface area contributed by atoms with Crippen molar-refractivity contribution in [3.05, 3.63) is 82.7 Å². The summed E-state index contributed by atoms with van der Waals surface area (Å²) in [6, 6.07) is 17.7. The van der Waals surface area contributed by atoms with Crippen molar-refractivity contribution >= 4 is 16.8 Å². The fourth-order valence-electron chi connectivity index (χ4n) is 3.50. The summed E-state index contributed by atoms with van der Waals surface area (Å²) < 4.78 is 5.47. The van der Waals surface area contributed by atoms with E-state index in [0.717, 1.165) is 33.3 Å². The summed E-state index contributed by atoms with van der Waals surface area (Å²) in [4.78, 5) is 19.7. The molecule has 0 aliphatic heterocycles. The number of aryl methyl sites for hydroxylation is 2. The van der Waals surface area contributed by atoms with Crippen LogP contribution in [0.1, 0.15) is 32.9 Å². The Kier molecular flexibility index (Phi) is 4.89. The lowest BCUT2D eigenvalue weighted by molar-refractivity contribution is 0.0783. The van der Waals surface area contributed by atoms with Crippen molar-refractivity contribution in [3.8, 4) is 11.3 Å². The number of hydrogen-bond acceptors (Lipinski definition) is 4. The highest BCUT2D eigenvalue weighted by Gasteiger charge is 2.21. The number of benzene rings is 2. The maximum Gasteiger partial charge on any atom is 0.254 e. The Morgan fingerprint density at radius 1 is 1.03 bits per heavy atom. The quantitative estimate of drug-likeness (QED) is 0.491. The van der Waals surface area contributed by atoms with Crippen LogP contribution in [0, 0.1) is 20.8 Å². The molecule has 0 saturated carbocycles. The van der Waals surface area contributed by atoms with Gasteiger partial charge in [0.05, 0.1) is 17.6 Å². The first kappa shape index (κ1) is 18.9. The number of fused-ring (bicyclic) bond motifs is 1. The molecule has 0 saturated heterocycles. The van der Waals surface area contributed by atoms with Gasteiger partial charge in [-0.2, -0.15) is 0 Å². The highest BCUT2D eigenvalue weighted by atomic mass is 16.5. The van der Waals surface area contributed by atoms with Crippen molar-refractivity contribution in [2.45, 2.75) is 27.3 Å². The first-order chi connectivity index (χ1) is 13.9. The van der Waals surface area contributed by atoms with Gasteiger partial charge in [0.25, 0.3) is 5.91 Å². The lowest BCUT2D eigenvalue weighted by Crippen LogP contribution is -2.27. The topological polar surface area (TPSA) is 59.2 Å². The van der Waals surface area contributed by atoms with Crippen LogP contribution in [-0.2, 0) is 6.54 Å². The number of hydrogen-bond donors (Lipinski definition) is 0. The predicted molar refractivity (Wildman–Crippen MR) is 114 cm³/mol. The summed E-state index contributed by atoms with van der Waals surface area (Å²) in [5.41, 5.74) is 6.08. The summed E-state index contributed by atoms with van der Waals surface area (Å²) in [7, 11) is 1.79. The minimum Gasteiger partial charge on any atom is -0.356 e. The SMILES string of the molecule is Cc1ccc2nc(C)c(C)c(C(=O)N(C)Cc3cc(-c4ccccc4)on3)c2c1. The van der Waals surface area contributed by atoms with E-state index in [1.165, 1.54) is 0 Å². The maximum atomic E-state index is 13.4. The molecule has 146 valence electrons. The molecular formula is C24H23N3O2. The van der Waals surface area contributed by atoms with E-state index in [9.17, 15) is 4.79 Å². The molecule has 0 aliphatic rings. The van der Waals surface area contributed by atoms with Crippen LogP contribution in [-0.4, -0.2) is 28.0 Å². The van der Waals surface area contributed by atoms with E-state index in [0.29, 0.717) is 23.6 Å². The Morgan fingerprint density at radius 2 is 1.79 bits per heavy atom. The van der Waals surface area contributed by atoms with E-state index in [4.69, 9.17) is 4.52 Å². The minimum absolute atomic E-state index is 0.0483. The lowest BCUT2D eigenvalue weighted by atomic mass is 9.99. The molecule has 0 spiro atoms. The smallest absolute Gasteiger partial charge is 0.254 e. The number of carbonyl (C=O) groups is 1. The highest BCUT2D eigenvalue weighted by molar-refractivity contribution is 6.07. The molecule has 1 amide bonds. The number of nitrogens with zero attached hydrogens (tertiary/aromatic N) is 3. The summed E-state index contributed by atoms with van der Waals surface area (Å²) in [6.07, 6.45) is 0. The Labute approximate surface area is 170 Å². The van der Waals surface area contributed by atoms with E-state index >= 15 is 0 Å². The van der Waals surface area contributed by atoms with Crippen molar-refractivity contribution in [2.75, 3.05) is 7.05 Å². The molecule has 2 heterocycles. The van der Waals surface area contributed by atoms with Crippen LogP contribution in [0.15, 0.2) is 59.1 Å². The van der Waals surface area contributed by atoms with Gasteiger partial charge < -0.3 is 9.42 Å². The second-order valence-corrected chi connectivity index (χ2v) is 7.43. The van der Waals surface area contributed by atoms with Crippen molar-refractivity contribution < 1.29 is 9.32 Å². The first-order valence-corrected chi connectivity index (χ1v) is 9.58. The van der Waals surface area contributed by atoms with Crippen LogP contribution < -0.4 is 0 Å². The molecule has 0 radical (unpaired) electrons. The van der Waals surface area contributed by atoms with Gasteiger partial charge in [0, 0.05) is 29.8 Å². The summed E-state index contributed by atoms with van der Waals surface area (Å²) in [5, 5.41) is 5.03. The van der Waals surface area contributed by atoms with Crippen LogP contribution in [0.2, 0.25) is 0 Å². The summed E-state index contributed by atoms with van der Waals surface area (Å²) in [5.74, 6) is 0.645. The number of amides is 1. The number of pyridine rings is 1. The molecule has 0 atom stereocenters. The zero-order valence-corrected chi connectivity index (χ0v) is 17.1. The van der Waals surface area contributed by atoms with Gasteiger partial charge in [-0.15, -0.1) is 0 Å². The van der Waals surface area contributed by atoms with Crippen LogP contribution in [0.3, 0.4) is 0 Å². The summed E-state index contributed by atoms with van der Waals surface area (Å²) >= 11 is 0. The monoisotopic (exact) mass is 385 g/mol. The number of aromatic nitrogens is 2. The van der Waals surface area contributed by atoms with E-state index in [-0.39, 0.29) is 5.91 Å². The van der Waals surface area contributed by atoms with E-state index in [2.05, 4.69) is 10.1 Å². The largest absolute Gasteiger partial charge is 0.356 e. The molecule has 0 fully saturated rings. The summed E-state index contributed by atoms with van der Waals surface area (Å²) in [6.45, 7) is 6.28. The molecule has 5 nitrogen and oxygen atoms in total. The molecular weight excluding hydrogens is 362 g/mol. The Hall–Kier alpha value is -3.47. The third kappa shape index (κ3) is 3.63. The van der Waals surface area contributed by atoms with Gasteiger partial charge >= 0.3 is 0 Å². The zero-order valence-electron chi connectivity index (χ0n) is 17.1. The third-order valence-corrected chi connectivity index (χ3v) is 5.20. The normalized spacial score (nSPS) is 11.0. The van der Waals surface area contributed by atoms with Crippen molar-refractivity contribution in [3.63, 3.8) is 0 Å². The number of carbonyl (C=O) groups excluding carboxylic acids is 1. The molecule has 0 aliphatic carbocycles. The fraction of sp³-hybridized carbons (Fsp3) is 0.208. The molecule has 0 bridgehead atoms. The highest BCUT2D eigenvalue weighted by Crippen LogP contribution is 2.26. The Bertz CT molecular complexity index is 1200. The van der Waals surface area contributed by atoms with Gasteiger partial charge in [-0.3, -0.25) is 9.78 Å². The Balaban J connectivity index is 1.65. The van der Waals surface area contributed by atoms with Crippen LogP contribution in [0.5, 0.6) is 0 Å². The molecule has 2 aromatic heterocycles. The number of rotatable bonds is 4. The minimum atomic E-state index is -0.0483.